The quantitative estimate of drug-likeness (QED) is 0.838. The van der Waals surface area contributed by atoms with Crippen LogP contribution in [0.5, 0.6) is 0 Å². The van der Waals surface area contributed by atoms with E-state index >= 15 is 0 Å². The third-order valence-corrected chi connectivity index (χ3v) is 3.00. The van der Waals surface area contributed by atoms with Crippen LogP contribution in [-0.2, 0) is 4.79 Å². The molecule has 0 aromatic heterocycles. The van der Waals surface area contributed by atoms with E-state index in [-0.39, 0.29) is 5.91 Å². The van der Waals surface area contributed by atoms with Gasteiger partial charge in [-0.25, -0.2) is 4.99 Å². The number of hydrogen-bond donors (Lipinski definition) is 2. The molecule has 0 fully saturated rings. The number of thioether (sulfide) groups is 1. The lowest BCUT2D eigenvalue weighted by Gasteiger charge is -2.13. The Morgan fingerprint density at radius 3 is 2.82 bits per heavy atom. The molecule has 0 radical (unpaired) electrons. The Bertz CT molecular complexity index is 468. The Hall–Kier alpha value is -1.75. The molecule has 0 spiro atoms. The molecule has 1 aromatic carbocycles. The van der Waals surface area contributed by atoms with Crippen LogP contribution in [0, 0.1) is 0 Å². The second kappa shape index (κ2) is 5.54. The number of benzene rings is 1. The number of likely N-dealkylation sites (N-methyl/N-ethyl adjacent to an activating group) is 1. The summed E-state index contributed by atoms with van der Waals surface area (Å²) in [5.74, 6) is 0.596. The third kappa shape index (κ3) is 3.10. The zero-order valence-corrected chi connectivity index (χ0v) is 10.3. The van der Waals surface area contributed by atoms with Crippen molar-refractivity contribution in [3.63, 3.8) is 0 Å². The molecule has 1 aliphatic heterocycles. The van der Waals surface area contributed by atoms with Gasteiger partial charge in [0.1, 0.15) is 5.70 Å². The highest BCUT2D eigenvalue weighted by Gasteiger charge is 2.13. The van der Waals surface area contributed by atoms with Gasteiger partial charge >= 0.3 is 0 Å². The molecule has 0 saturated heterocycles. The Balaban J connectivity index is 2.10. The van der Waals surface area contributed by atoms with Gasteiger partial charge in [0.2, 0.25) is 0 Å². The maximum atomic E-state index is 11.4. The van der Waals surface area contributed by atoms with Crippen LogP contribution in [0.3, 0.4) is 0 Å². The highest BCUT2D eigenvalue weighted by molar-refractivity contribution is 8.14. The van der Waals surface area contributed by atoms with E-state index in [1.165, 1.54) is 0 Å². The number of aliphatic imine (C=N–C) groups is 1. The van der Waals surface area contributed by atoms with Gasteiger partial charge in [0.15, 0.2) is 5.17 Å². The molecule has 4 nitrogen and oxygen atoms in total. The summed E-state index contributed by atoms with van der Waals surface area (Å²) >= 11 is 1.57. The first-order chi connectivity index (χ1) is 8.29. The normalized spacial score (nSPS) is 14.6. The number of rotatable bonds is 2. The molecule has 0 saturated carbocycles. The molecule has 1 heterocycles. The Morgan fingerprint density at radius 2 is 2.12 bits per heavy atom. The van der Waals surface area contributed by atoms with Crippen LogP contribution in [0.2, 0.25) is 0 Å². The molecule has 1 aromatic rings. The number of nitrogens with zero attached hydrogens (tertiary/aromatic N) is 1. The zero-order valence-electron chi connectivity index (χ0n) is 9.43. The zero-order chi connectivity index (χ0) is 12.1. The lowest BCUT2D eigenvalue weighted by Crippen LogP contribution is -2.22. The van der Waals surface area contributed by atoms with Crippen molar-refractivity contribution in [2.24, 2.45) is 4.99 Å². The van der Waals surface area contributed by atoms with Gasteiger partial charge < -0.3 is 10.6 Å². The lowest BCUT2D eigenvalue weighted by atomic mass is 10.3. The van der Waals surface area contributed by atoms with Gasteiger partial charge in [-0.1, -0.05) is 30.0 Å². The monoisotopic (exact) mass is 247 g/mol. The minimum Gasteiger partial charge on any atom is -0.354 e. The van der Waals surface area contributed by atoms with Crippen molar-refractivity contribution >= 4 is 28.5 Å². The first-order valence-electron chi connectivity index (χ1n) is 5.25. The Morgan fingerprint density at radius 1 is 1.35 bits per heavy atom. The van der Waals surface area contributed by atoms with Crippen LogP contribution in [0.1, 0.15) is 0 Å². The standard InChI is InChI=1S/C12H13N3OS/c1-13-11(16)10-7-8-17-12(15-10)14-9-5-3-2-4-6-9/h2-7H,8H2,1H3,(H,13,16)(H,14,15). The first-order valence-corrected chi connectivity index (χ1v) is 6.24. The molecule has 1 aliphatic rings. The molecule has 1 amide bonds. The highest BCUT2D eigenvalue weighted by Crippen LogP contribution is 2.18. The fraction of sp³-hybridized carbons (Fsp3) is 0.167. The molecule has 5 heteroatoms. The van der Waals surface area contributed by atoms with Crippen molar-refractivity contribution in [1.82, 2.24) is 5.32 Å². The third-order valence-electron chi connectivity index (χ3n) is 2.20. The van der Waals surface area contributed by atoms with Crippen molar-refractivity contribution in [3.8, 4) is 0 Å². The Labute approximate surface area is 104 Å². The number of anilines is 1. The van der Waals surface area contributed by atoms with Crippen molar-refractivity contribution in [2.75, 3.05) is 18.1 Å². The molecular weight excluding hydrogens is 234 g/mol. The van der Waals surface area contributed by atoms with Crippen molar-refractivity contribution in [1.29, 1.82) is 0 Å². The van der Waals surface area contributed by atoms with Crippen LogP contribution in [0.15, 0.2) is 47.1 Å². The van der Waals surface area contributed by atoms with Gasteiger partial charge in [0, 0.05) is 18.5 Å². The lowest BCUT2D eigenvalue weighted by molar-refractivity contribution is -0.117. The van der Waals surface area contributed by atoms with E-state index in [4.69, 9.17) is 0 Å². The summed E-state index contributed by atoms with van der Waals surface area (Å²) in [6.07, 6.45) is 1.82. The van der Waals surface area contributed by atoms with Crippen LogP contribution < -0.4 is 10.6 Å². The van der Waals surface area contributed by atoms with Gasteiger partial charge in [0.05, 0.1) is 0 Å². The maximum absolute atomic E-state index is 11.4. The van der Waals surface area contributed by atoms with Crippen LogP contribution in [0.25, 0.3) is 0 Å². The fourth-order valence-electron chi connectivity index (χ4n) is 1.37. The number of amides is 1. The summed E-state index contributed by atoms with van der Waals surface area (Å²) in [6, 6.07) is 9.77. The number of carbonyl (C=O) groups excluding carboxylic acids is 1. The fourth-order valence-corrected chi connectivity index (χ4v) is 2.12. The van der Waals surface area contributed by atoms with Gasteiger partial charge in [-0.05, 0) is 18.2 Å². The second-order valence-electron chi connectivity index (χ2n) is 3.39. The molecule has 88 valence electrons. The van der Waals surface area contributed by atoms with Gasteiger partial charge in [0.25, 0.3) is 5.91 Å². The number of para-hydroxylation sites is 1. The van der Waals surface area contributed by atoms with Crippen molar-refractivity contribution < 1.29 is 4.79 Å². The van der Waals surface area contributed by atoms with Crippen molar-refractivity contribution in [2.45, 2.75) is 0 Å². The summed E-state index contributed by atoms with van der Waals surface area (Å²) in [6.45, 7) is 0. The number of amidine groups is 1. The molecule has 17 heavy (non-hydrogen) atoms. The van der Waals surface area contributed by atoms with Crippen molar-refractivity contribution in [3.05, 3.63) is 42.1 Å². The molecular formula is C12H13N3OS. The van der Waals surface area contributed by atoms with E-state index < -0.39 is 0 Å². The summed E-state index contributed by atoms with van der Waals surface area (Å²) in [4.78, 5) is 15.7. The van der Waals surface area contributed by atoms with Gasteiger partial charge in [-0.2, -0.15) is 0 Å². The molecule has 0 bridgehead atoms. The summed E-state index contributed by atoms with van der Waals surface area (Å²) in [7, 11) is 1.60. The van der Waals surface area contributed by atoms with Gasteiger partial charge in [-0.3, -0.25) is 4.79 Å². The first kappa shape index (κ1) is 11.7. The van der Waals surface area contributed by atoms with E-state index in [1.807, 2.05) is 36.4 Å². The van der Waals surface area contributed by atoms with Crippen LogP contribution >= 0.6 is 11.8 Å². The average molecular weight is 247 g/mol. The predicted molar refractivity (Wildman–Crippen MR) is 72.1 cm³/mol. The second-order valence-corrected chi connectivity index (χ2v) is 4.40. The predicted octanol–water partition coefficient (Wildman–Crippen LogP) is 1.83. The topological polar surface area (TPSA) is 53.5 Å². The maximum Gasteiger partial charge on any atom is 0.269 e. The largest absolute Gasteiger partial charge is 0.354 e. The SMILES string of the molecule is CNC(=O)C1=CCSC(Nc2ccccc2)=N1. The minimum absolute atomic E-state index is 0.155. The van der Waals surface area contributed by atoms with Crippen LogP contribution in [0.4, 0.5) is 5.69 Å². The Kier molecular flexibility index (Phi) is 3.82. The van der Waals surface area contributed by atoms with E-state index in [0.29, 0.717) is 5.70 Å². The minimum atomic E-state index is -0.155. The molecule has 0 aliphatic carbocycles. The highest BCUT2D eigenvalue weighted by atomic mass is 32.2. The smallest absolute Gasteiger partial charge is 0.269 e. The summed E-state index contributed by atoms with van der Waals surface area (Å²) in [5.41, 5.74) is 1.43. The van der Waals surface area contributed by atoms with E-state index in [9.17, 15) is 4.79 Å². The summed E-state index contributed by atoms with van der Waals surface area (Å²) < 4.78 is 0. The molecule has 0 atom stereocenters. The molecule has 0 unspecified atom stereocenters. The van der Waals surface area contributed by atoms with Crippen LogP contribution in [-0.4, -0.2) is 23.9 Å². The average Bonchev–Trinajstić information content (AvgIpc) is 2.39. The number of carbonyl (C=O) groups is 1. The summed E-state index contributed by atoms with van der Waals surface area (Å²) in [5, 5.41) is 6.50. The molecule has 2 N–H and O–H groups in total. The number of nitrogens with one attached hydrogen (secondary N) is 2. The number of hydrogen-bond acceptors (Lipinski definition) is 4. The van der Waals surface area contributed by atoms with E-state index in [0.717, 1.165) is 16.6 Å². The van der Waals surface area contributed by atoms with Gasteiger partial charge in [-0.15, -0.1) is 0 Å². The molecule has 2 rings (SSSR count). The van der Waals surface area contributed by atoms with E-state index in [2.05, 4.69) is 15.6 Å². The van der Waals surface area contributed by atoms with E-state index in [1.54, 1.807) is 18.8 Å².